The van der Waals surface area contributed by atoms with Gasteiger partial charge in [0, 0.05) is 25.8 Å². The van der Waals surface area contributed by atoms with Crippen LogP contribution in [0.3, 0.4) is 0 Å². The summed E-state index contributed by atoms with van der Waals surface area (Å²) in [5.74, 6) is -0.668. The summed E-state index contributed by atoms with van der Waals surface area (Å²) in [6.45, 7) is 0.671. The minimum Gasteiger partial charge on any atom is -0.364 e. The van der Waals surface area contributed by atoms with E-state index in [0.29, 0.717) is 18.3 Å². The van der Waals surface area contributed by atoms with E-state index in [0.717, 1.165) is 5.56 Å². The molecule has 1 fully saturated rings. The molecular formula is C20H28N4O3S. The molecule has 1 aliphatic rings. The van der Waals surface area contributed by atoms with Gasteiger partial charge in [-0.3, -0.25) is 14.4 Å². The van der Waals surface area contributed by atoms with Crippen molar-refractivity contribution in [1.82, 2.24) is 9.47 Å². The van der Waals surface area contributed by atoms with Crippen molar-refractivity contribution in [3.8, 4) is 0 Å². The first-order valence-electron chi connectivity index (χ1n) is 9.55. The number of benzene rings is 1. The van der Waals surface area contributed by atoms with Crippen LogP contribution in [0.4, 0.5) is 5.69 Å². The van der Waals surface area contributed by atoms with Gasteiger partial charge >= 0.3 is 0 Å². The third kappa shape index (κ3) is 4.56. The molecule has 8 heteroatoms. The Morgan fingerprint density at radius 2 is 1.93 bits per heavy atom. The second-order valence-electron chi connectivity index (χ2n) is 7.51. The highest BCUT2D eigenvalue weighted by atomic mass is 32.2. The van der Waals surface area contributed by atoms with E-state index < -0.39 is 15.9 Å². The van der Waals surface area contributed by atoms with Crippen molar-refractivity contribution in [2.24, 2.45) is 12.8 Å². The summed E-state index contributed by atoms with van der Waals surface area (Å²) in [5, 5.41) is 0. The Hall–Kier alpha value is -2.32. The average molecular weight is 405 g/mol. The first-order valence-corrected chi connectivity index (χ1v) is 11.0. The van der Waals surface area contributed by atoms with E-state index in [1.165, 1.54) is 48.9 Å². The predicted octanol–water partition coefficient (Wildman–Crippen LogP) is 2.69. The number of aromatic nitrogens is 1. The van der Waals surface area contributed by atoms with Crippen LogP contribution in [0.2, 0.25) is 0 Å². The molecule has 1 aliphatic carbocycles. The summed E-state index contributed by atoms with van der Waals surface area (Å²) in [6.07, 6.45) is 7.55. The zero-order valence-electron chi connectivity index (χ0n) is 16.4. The lowest BCUT2D eigenvalue weighted by molar-refractivity contribution is 0.0992. The van der Waals surface area contributed by atoms with E-state index >= 15 is 0 Å². The maximum atomic E-state index is 12.8. The Bertz CT molecular complexity index is 946. The molecular weight excluding hydrogens is 376 g/mol. The fourth-order valence-corrected chi connectivity index (χ4v) is 4.98. The summed E-state index contributed by atoms with van der Waals surface area (Å²) in [5.41, 5.74) is 6.91. The van der Waals surface area contributed by atoms with Crippen LogP contribution in [0.15, 0.2) is 41.4 Å². The molecule has 2 aromatic rings. The molecule has 1 aromatic heterocycles. The third-order valence-corrected chi connectivity index (χ3v) is 6.75. The van der Waals surface area contributed by atoms with E-state index in [9.17, 15) is 13.2 Å². The molecule has 0 unspecified atom stereocenters. The van der Waals surface area contributed by atoms with E-state index in [-0.39, 0.29) is 10.6 Å². The minimum atomic E-state index is -3.83. The highest BCUT2D eigenvalue weighted by molar-refractivity contribution is 7.92. The number of amides is 1. The van der Waals surface area contributed by atoms with E-state index in [2.05, 4.69) is 16.7 Å². The van der Waals surface area contributed by atoms with E-state index in [1.807, 2.05) is 18.2 Å². The fourth-order valence-electron chi connectivity index (χ4n) is 3.81. The smallest absolute Gasteiger partial charge is 0.265 e. The lowest BCUT2D eigenvalue weighted by atomic mass is 9.94. The number of nitrogens with two attached hydrogens (primary N) is 1. The topological polar surface area (TPSA) is 97.4 Å². The maximum Gasteiger partial charge on any atom is 0.265 e. The van der Waals surface area contributed by atoms with Crippen LogP contribution >= 0.6 is 0 Å². The van der Waals surface area contributed by atoms with Crippen LogP contribution in [0.25, 0.3) is 0 Å². The molecule has 3 rings (SSSR count). The minimum absolute atomic E-state index is 0.0132. The summed E-state index contributed by atoms with van der Waals surface area (Å²) >= 11 is 0. The zero-order chi connectivity index (χ0) is 20.3. The van der Waals surface area contributed by atoms with Crippen molar-refractivity contribution in [3.05, 3.63) is 47.8 Å². The van der Waals surface area contributed by atoms with Crippen molar-refractivity contribution in [2.45, 2.75) is 49.6 Å². The monoisotopic (exact) mass is 404 g/mol. The Morgan fingerprint density at radius 1 is 1.25 bits per heavy atom. The van der Waals surface area contributed by atoms with Crippen molar-refractivity contribution in [2.75, 3.05) is 11.8 Å². The second kappa shape index (κ2) is 8.36. The molecule has 1 amide bonds. The summed E-state index contributed by atoms with van der Waals surface area (Å²) in [7, 11) is -0.144. The second-order valence-corrected chi connectivity index (χ2v) is 9.19. The molecule has 1 saturated carbocycles. The Labute approximate surface area is 166 Å². The van der Waals surface area contributed by atoms with Gasteiger partial charge in [0.25, 0.3) is 15.9 Å². The summed E-state index contributed by atoms with van der Waals surface area (Å²) < 4.78 is 29.8. The number of hydrogen-bond donors (Lipinski definition) is 2. The number of nitrogens with one attached hydrogen (secondary N) is 1. The normalized spacial score (nSPS) is 15.7. The number of nitrogens with zero attached hydrogens (tertiary/aromatic N) is 2. The SMILES string of the molecule is CN(Cc1ccccc1NS(=O)(=O)c1cc(C(N)=O)n(C)c1)C1CCCCC1. The van der Waals surface area contributed by atoms with Gasteiger partial charge in [0.1, 0.15) is 10.6 Å². The van der Waals surface area contributed by atoms with Crippen LogP contribution < -0.4 is 10.5 Å². The average Bonchev–Trinajstić information content (AvgIpc) is 3.07. The van der Waals surface area contributed by atoms with Gasteiger partial charge < -0.3 is 10.3 Å². The molecule has 152 valence electrons. The van der Waals surface area contributed by atoms with Crippen molar-refractivity contribution in [1.29, 1.82) is 0 Å². The number of primary amides is 1. The number of carbonyl (C=O) groups excluding carboxylic acids is 1. The summed E-state index contributed by atoms with van der Waals surface area (Å²) in [4.78, 5) is 13.7. The molecule has 1 heterocycles. The van der Waals surface area contributed by atoms with Gasteiger partial charge in [-0.1, -0.05) is 37.5 Å². The molecule has 28 heavy (non-hydrogen) atoms. The van der Waals surface area contributed by atoms with Crippen molar-refractivity contribution in [3.63, 3.8) is 0 Å². The Balaban J connectivity index is 1.80. The van der Waals surface area contributed by atoms with Crippen LogP contribution in [0.5, 0.6) is 0 Å². The van der Waals surface area contributed by atoms with Gasteiger partial charge in [0.05, 0.1) is 5.69 Å². The number of carbonyl (C=O) groups is 1. The van der Waals surface area contributed by atoms with E-state index in [1.54, 1.807) is 13.1 Å². The number of sulfonamides is 1. The van der Waals surface area contributed by atoms with Crippen LogP contribution in [-0.2, 0) is 23.6 Å². The predicted molar refractivity (Wildman–Crippen MR) is 110 cm³/mol. The lowest BCUT2D eigenvalue weighted by Crippen LogP contribution is -2.33. The Morgan fingerprint density at radius 3 is 2.57 bits per heavy atom. The molecule has 0 spiro atoms. The van der Waals surface area contributed by atoms with Crippen molar-refractivity contribution < 1.29 is 13.2 Å². The molecule has 0 bridgehead atoms. The van der Waals surface area contributed by atoms with Crippen LogP contribution in [0.1, 0.15) is 48.2 Å². The first-order chi connectivity index (χ1) is 13.3. The Kier molecular flexibility index (Phi) is 6.10. The van der Waals surface area contributed by atoms with Gasteiger partial charge in [-0.05, 0) is 37.6 Å². The number of hydrogen-bond acceptors (Lipinski definition) is 4. The van der Waals surface area contributed by atoms with Gasteiger partial charge in [-0.15, -0.1) is 0 Å². The van der Waals surface area contributed by atoms with E-state index in [4.69, 9.17) is 5.73 Å². The molecule has 0 aliphatic heterocycles. The van der Waals surface area contributed by atoms with Crippen LogP contribution in [0, 0.1) is 0 Å². The standard InChI is InChI=1S/C20H28N4O3S/c1-23(16-9-4-3-5-10-16)13-15-8-6-7-11-18(15)22-28(26,27)17-12-19(20(21)25)24(2)14-17/h6-8,11-12,14,16,22H,3-5,9-10,13H2,1-2H3,(H2,21,25). The third-order valence-electron chi connectivity index (χ3n) is 5.42. The molecule has 1 aromatic carbocycles. The fraction of sp³-hybridized carbons (Fsp3) is 0.450. The number of rotatable bonds is 7. The highest BCUT2D eigenvalue weighted by Gasteiger charge is 2.22. The van der Waals surface area contributed by atoms with Gasteiger partial charge in [-0.2, -0.15) is 0 Å². The molecule has 7 nitrogen and oxygen atoms in total. The lowest BCUT2D eigenvalue weighted by Gasteiger charge is -2.31. The number of para-hydroxylation sites is 1. The quantitative estimate of drug-likeness (QED) is 0.741. The zero-order valence-corrected chi connectivity index (χ0v) is 17.2. The largest absolute Gasteiger partial charge is 0.364 e. The van der Waals surface area contributed by atoms with Gasteiger partial charge in [0.15, 0.2) is 0 Å². The molecule has 0 saturated heterocycles. The summed E-state index contributed by atoms with van der Waals surface area (Å²) in [6, 6.07) is 9.25. The number of anilines is 1. The highest BCUT2D eigenvalue weighted by Crippen LogP contribution is 2.26. The molecule has 0 radical (unpaired) electrons. The van der Waals surface area contributed by atoms with Crippen molar-refractivity contribution >= 4 is 21.6 Å². The van der Waals surface area contributed by atoms with Gasteiger partial charge in [0.2, 0.25) is 0 Å². The maximum absolute atomic E-state index is 12.8. The number of aryl methyl sites for hydroxylation is 1. The first kappa shape index (κ1) is 20.4. The van der Waals surface area contributed by atoms with Gasteiger partial charge in [-0.25, -0.2) is 8.42 Å². The molecule has 0 atom stereocenters. The van der Waals surface area contributed by atoms with Crippen LogP contribution in [-0.4, -0.2) is 36.9 Å². The molecule has 3 N–H and O–H groups in total.